The van der Waals surface area contributed by atoms with Gasteiger partial charge in [-0.15, -0.1) is 0 Å². The summed E-state index contributed by atoms with van der Waals surface area (Å²) in [6, 6.07) is 8.53. The zero-order chi connectivity index (χ0) is 29.6. The molecular weight excluding hydrogens is 546 g/mol. The summed E-state index contributed by atoms with van der Waals surface area (Å²) in [7, 11) is -3.73. The van der Waals surface area contributed by atoms with E-state index in [0.717, 1.165) is 49.3 Å². The number of carbonyl (C=O) groups excluding carboxylic acids is 2. The van der Waals surface area contributed by atoms with Gasteiger partial charge >= 0.3 is 5.97 Å². The maximum Gasteiger partial charge on any atom is 0.328 e. The Morgan fingerprint density at radius 2 is 1.93 bits per heavy atom. The summed E-state index contributed by atoms with van der Waals surface area (Å²) in [4.78, 5) is 42.3. The molecule has 0 aliphatic carbocycles. The van der Waals surface area contributed by atoms with Crippen molar-refractivity contribution in [3.05, 3.63) is 53.2 Å². The number of aryl methyl sites for hydroxylation is 3. The second-order valence-corrected chi connectivity index (χ2v) is 12.7. The Bertz CT molecular complexity index is 1380. The number of aliphatic carboxylic acids is 1. The quantitative estimate of drug-likeness (QED) is 0.261. The largest absolute Gasteiger partial charge is 0.480 e. The molecule has 1 aromatic heterocycles. The summed E-state index contributed by atoms with van der Waals surface area (Å²) in [5.41, 5.74) is 3.01. The topological polar surface area (TPSA) is 158 Å². The first-order valence-electron chi connectivity index (χ1n) is 14.2. The molecule has 0 bridgehead atoms. The molecule has 2 aliphatic rings. The Morgan fingerprint density at radius 3 is 2.63 bits per heavy atom. The SMILES string of the molecule is CCC(NC(=O)CCCCc1ccc2c(n1)NCCC2)C(NC(=O)C1CN(S(=O)(=O)c2cccc(C)c2)C1)C(=O)O. The Kier molecular flexibility index (Phi) is 9.98. The molecule has 1 saturated heterocycles. The van der Waals surface area contributed by atoms with Gasteiger partial charge in [-0.05, 0) is 74.8 Å². The van der Waals surface area contributed by atoms with E-state index in [1.165, 1.54) is 15.9 Å². The molecule has 1 fully saturated rings. The first kappa shape index (κ1) is 30.4. The van der Waals surface area contributed by atoms with Crippen LogP contribution in [0, 0.1) is 12.8 Å². The van der Waals surface area contributed by atoms with Gasteiger partial charge < -0.3 is 21.1 Å². The third-order valence-electron chi connectivity index (χ3n) is 7.64. The number of pyridine rings is 1. The lowest BCUT2D eigenvalue weighted by atomic mass is 9.99. The van der Waals surface area contributed by atoms with Crippen molar-refractivity contribution in [3.8, 4) is 0 Å². The van der Waals surface area contributed by atoms with E-state index >= 15 is 0 Å². The fourth-order valence-electron chi connectivity index (χ4n) is 5.13. The van der Waals surface area contributed by atoms with Crippen LogP contribution >= 0.6 is 0 Å². The van der Waals surface area contributed by atoms with Gasteiger partial charge in [-0.1, -0.05) is 25.1 Å². The van der Waals surface area contributed by atoms with Crippen LogP contribution in [0.4, 0.5) is 5.82 Å². The number of unbranched alkanes of at least 4 members (excludes halogenated alkanes) is 1. The Balaban J connectivity index is 1.23. The molecule has 222 valence electrons. The van der Waals surface area contributed by atoms with Crippen LogP contribution in [0.5, 0.6) is 0 Å². The number of aromatic nitrogens is 1. The number of rotatable bonds is 13. The van der Waals surface area contributed by atoms with E-state index in [1.807, 2.05) is 6.07 Å². The van der Waals surface area contributed by atoms with E-state index in [-0.39, 0.29) is 30.3 Å². The smallest absolute Gasteiger partial charge is 0.328 e. The number of carboxylic acids is 1. The lowest BCUT2D eigenvalue weighted by Gasteiger charge is -2.38. The molecule has 2 aliphatic heterocycles. The van der Waals surface area contributed by atoms with Crippen LogP contribution in [0.15, 0.2) is 41.3 Å². The number of fused-ring (bicyclic) bond motifs is 1. The van der Waals surface area contributed by atoms with Gasteiger partial charge in [0.05, 0.1) is 16.9 Å². The van der Waals surface area contributed by atoms with Gasteiger partial charge in [0, 0.05) is 31.7 Å². The van der Waals surface area contributed by atoms with Crippen LogP contribution in [0.25, 0.3) is 0 Å². The van der Waals surface area contributed by atoms with E-state index in [2.05, 4.69) is 27.0 Å². The summed E-state index contributed by atoms with van der Waals surface area (Å²) >= 11 is 0. The number of sulfonamides is 1. The van der Waals surface area contributed by atoms with Gasteiger partial charge in [-0.2, -0.15) is 4.31 Å². The highest BCUT2D eigenvalue weighted by Crippen LogP contribution is 2.26. The lowest BCUT2D eigenvalue weighted by molar-refractivity contribution is -0.144. The molecule has 2 unspecified atom stereocenters. The number of amides is 2. The number of hydrogen-bond donors (Lipinski definition) is 4. The number of benzene rings is 1. The van der Waals surface area contributed by atoms with E-state index < -0.39 is 39.9 Å². The Morgan fingerprint density at radius 1 is 1.15 bits per heavy atom. The second kappa shape index (κ2) is 13.4. The van der Waals surface area contributed by atoms with Gasteiger partial charge in [0.15, 0.2) is 0 Å². The van der Waals surface area contributed by atoms with Crippen molar-refractivity contribution in [3.63, 3.8) is 0 Å². The molecule has 2 atom stereocenters. The number of anilines is 1. The van der Waals surface area contributed by atoms with Gasteiger partial charge in [0.25, 0.3) is 0 Å². The zero-order valence-electron chi connectivity index (χ0n) is 23.6. The number of hydrogen-bond acceptors (Lipinski definition) is 7. The van der Waals surface area contributed by atoms with E-state index in [4.69, 9.17) is 0 Å². The van der Waals surface area contributed by atoms with Crippen molar-refractivity contribution in [1.82, 2.24) is 19.9 Å². The third-order valence-corrected chi connectivity index (χ3v) is 9.46. The molecule has 12 heteroatoms. The molecule has 1 aromatic carbocycles. The number of nitrogens with zero attached hydrogens (tertiary/aromatic N) is 2. The maximum absolute atomic E-state index is 12.8. The van der Waals surface area contributed by atoms with E-state index in [0.29, 0.717) is 12.8 Å². The van der Waals surface area contributed by atoms with Crippen molar-refractivity contribution in [2.24, 2.45) is 5.92 Å². The number of carbonyl (C=O) groups is 3. The molecule has 2 amide bonds. The summed E-state index contributed by atoms with van der Waals surface area (Å²) in [6.07, 6.45) is 4.78. The maximum atomic E-state index is 12.8. The minimum absolute atomic E-state index is 0.0350. The minimum atomic E-state index is -3.73. The van der Waals surface area contributed by atoms with Crippen LogP contribution in [-0.4, -0.2) is 72.3 Å². The molecule has 41 heavy (non-hydrogen) atoms. The molecule has 0 saturated carbocycles. The van der Waals surface area contributed by atoms with Gasteiger partial charge in [-0.3, -0.25) is 9.59 Å². The lowest BCUT2D eigenvalue weighted by Crippen LogP contribution is -2.61. The molecule has 11 nitrogen and oxygen atoms in total. The highest BCUT2D eigenvalue weighted by atomic mass is 32.2. The van der Waals surface area contributed by atoms with Gasteiger partial charge in [0.1, 0.15) is 11.9 Å². The predicted molar refractivity (Wildman–Crippen MR) is 154 cm³/mol. The van der Waals surface area contributed by atoms with Crippen LogP contribution in [0.1, 0.15) is 55.8 Å². The van der Waals surface area contributed by atoms with E-state index in [9.17, 15) is 27.9 Å². The standard InChI is InChI=1S/C29H39N5O6S/c1-3-24(32-25(35)12-5-4-10-22-14-13-20-9-7-15-30-27(20)31-22)26(29(37)38)33-28(36)21-17-34(18-21)41(39,40)23-11-6-8-19(2)16-23/h6,8,11,13-14,16,21,24,26H,3-5,7,9-10,12,15,17-18H2,1-2H3,(H,30,31)(H,32,35)(H,33,36)(H,37,38). The fraction of sp³-hybridized carbons (Fsp3) is 0.517. The summed E-state index contributed by atoms with van der Waals surface area (Å²) in [6.45, 7) is 4.39. The summed E-state index contributed by atoms with van der Waals surface area (Å²) in [5.74, 6) is -1.82. The first-order valence-corrected chi connectivity index (χ1v) is 15.6. The van der Waals surface area contributed by atoms with Crippen LogP contribution < -0.4 is 16.0 Å². The zero-order valence-corrected chi connectivity index (χ0v) is 24.4. The summed E-state index contributed by atoms with van der Waals surface area (Å²) in [5, 5.41) is 18.4. The molecule has 0 radical (unpaired) electrons. The van der Waals surface area contributed by atoms with Gasteiger partial charge in [0.2, 0.25) is 21.8 Å². The molecule has 0 spiro atoms. The molecule has 4 rings (SSSR count). The highest BCUT2D eigenvalue weighted by molar-refractivity contribution is 7.89. The number of carboxylic acid groups (broad SMARTS) is 1. The average Bonchev–Trinajstić information content (AvgIpc) is 2.91. The van der Waals surface area contributed by atoms with Crippen LogP contribution in [0.2, 0.25) is 0 Å². The average molecular weight is 586 g/mol. The highest BCUT2D eigenvalue weighted by Gasteiger charge is 2.42. The van der Waals surface area contributed by atoms with Crippen molar-refractivity contribution in [1.29, 1.82) is 0 Å². The molecular formula is C29H39N5O6S. The van der Waals surface area contributed by atoms with Crippen LogP contribution in [0.3, 0.4) is 0 Å². The monoisotopic (exact) mass is 585 g/mol. The molecule has 4 N–H and O–H groups in total. The van der Waals surface area contributed by atoms with Crippen LogP contribution in [-0.2, 0) is 37.2 Å². The second-order valence-electron chi connectivity index (χ2n) is 10.8. The van der Waals surface area contributed by atoms with E-state index in [1.54, 1.807) is 32.0 Å². The van der Waals surface area contributed by atoms with Gasteiger partial charge in [-0.25, -0.2) is 18.2 Å². The van der Waals surface area contributed by atoms with Crippen molar-refractivity contribution >= 4 is 33.6 Å². The third kappa shape index (κ3) is 7.62. The van der Waals surface area contributed by atoms with Crippen molar-refractivity contribution in [2.45, 2.75) is 75.8 Å². The summed E-state index contributed by atoms with van der Waals surface area (Å²) < 4.78 is 26.9. The molecule has 2 aromatic rings. The Labute approximate surface area is 241 Å². The number of nitrogens with one attached hydrogen (secondary N) is 3. The van der Waals surface area contributed by atoms with Crippen molar-refractivity contribution in [2.75, 3.05) is 25.0 Å². The first-order chi connectivity index (χ1) is 19.6. The fourth-order valence-corrected chi connectivity index (χ4v) is 6.77. The van der Waals surface area contributed by atoms with Crippen molar-refractivity contribution < 1.29 is 27.9 Å². The predicted octanol–water partition coefficient (Wildman–Crippen LogP) is 2.25. The molecule has 3 heterocycles. The Hall–Kier alpha value is -3.51. The normalized spacial score (nSPS) is 16.9. The minimum Gasteiger partial charge on any atom is -0.480 e.